The fourth-order valence-corrected chi connectivity index (χ4v) is 3.63. The van der Waals surface area contributed by atoms with Crippen LogP contribution in [0.15, 0.2) is 36.4 Å². The Bertz CT molecular complexity index is 830. The smallest absolute Gasteiger partial charge is 0.280 e. The molecule has 2 amide bonds. The summed E-state index contributed by atoms with van der Waals surface area (Å²) in [5, 5.41) is 6.05. The zero-order valence-corrected chi connectivity index (χ0v) is 16.6. The highest BCUT2D eigenvalue weighted by Crippen LogP contribution is 2.29. The fourth-order valence-electron chi connectivity index (χ4n) is 3.45. The van der Waals surface area contributed by atoms with E-state index in [1.54, 1.807) is 12.1 Å². The predicted molar refractivity (Wildman–Crippen MR) is 111 cm³/mol. The van der Waals surface area contributed by atoms with E-state index >= 15 is 0 Å². The lowest BCUT2D eigenvalue weighted by Crippen LogP contribution is -2.54. The van der Waals surface area contributed by atoms with Crippen LogP contribution in [-0.4, -0.2) is 28.5 Å². The van der Waals surface area contributed by atoms with Crippen molar-refractivity contribution >= 4 is 39.9 Å². The molecule has 6 heteroatoms. The number of carbonyl (C=O) groups is 2. The van der Waals surface area contributed by atoms with Crippen LogP contribution in [0, 0.1) is 5.92 Å². The standard InChI is InChI=1S/C21H25N3O2S/c1-3-5-8-14(4-2)13-22-21(27)23-24-19(25)16-11-6-9-15-10-7-12-17(18(15)16)20(24)26/h6-7,9-12,14H,3-5,8,13H2,1-2H3,(H2,22,23,27)/t14-/m1/s1. The number of nitrogens with one attached hydrogen (secondary N) is 2. The SMILES string of the molecule is CCCC[C@@H](CC)CNC(=S)NN1C(=O)c2cccc3cccc(c23)C1=O. The first-order valence-electron chi connectivity index (χ1n) is 9.51. The lowest BCUT2D eigenvalue weighted by molar-refractivity contribution is 0.0566. The van der Waals surface area contributed by atoms with Crippen molar-refractivity contribution in [1.29, 1.82) is 0 Å². The van der Waals surface area contributed by atoms with Crippen molar-refractivity contribution in [3.8, 4) is 0 Å². The van der Waals surface area contributed by atoms with Gasteiger partial charge in [-0.15, -0.1) is 0 Å². The van der Waals surface area contributed by atoms with Crippen molar-refractivity contribution in [2.45, 2.75) is 39.5 Å². The molecule has 0 unspecified atom stereocenters. The van der Waals surface area contributed by atoms with Crippen molar-refractivity contribution in [2.24, 2.45) is 5.92 Å². The van der Waals surface area contributed by atoms with E-state index in [-0.39, 0.29) is 11.8 Å². The molecule has 0 saturated carbocycles. The molecule has 0 saturated heterocycles. The van der Waals surface area contributed by atoms with Crippen LogP contribution in [0.25, 0.3) is 10.8 Å². The number of hydrazine groups is 1. The van der Waals surface area contributed by atoms with Gasteiger partial charge in [-0.2, -0.15) is 5.01 Å². The first-order valence-corrected chi connectivity index (χ1v) is 9.92. The van der Waals surface area contributed by atoms with Gasteiger partial charge in [-0.25, -0.2) is 0 Å². The highest BCUT2D eigenvalue weighted by Gasteiger charge is 2.33. The molecule has 0 radical (unpaired) electrons. The maximum Gasteiger partial charge on any atom is 0.280 e. The van der Waals surface area contributed by atoms with Crippen molar-refractivity contribution in [2.75, 3.05) is 6.54 Å². The van der Waals surface area contributed by atoms with Crippen LogP contribution in [-0.2, 0) is 0 Å². The number of nitrogens with zero attached hydrogens (tertiary/aromatic N) is 1. The Balaban J connectivity index is 1.72. The average molecular weight is 384 g/mol. The summed E-state index contributed by atoms with van der Waals surface area (Å²) in [6, 6.07) is 10.9. The molecule has 2 aromatic rings. The van der Waals surface area contributed by atoms with Crippen LogP contribution < -0.4 is 10.7 Å². The quantitative estimate of drug-likeness (QED) is 0.558. The van der Waals surface area contributed by atoms with Gasteiger partial charge in [0.05, 0.1) is 11.1 Å². The number of carbonyl (C=O) groups excluding carboxylic acids is 2. The molecule has 3 rings (SSSR count). The molecule has 1 aliphatic heterocycles. The Morgan fingerprint density at radius 3 is 2.26 bits per heavy atom. The Morgan fingerprint density at radius 2 is 1.70 bits per heavy atom. The lowest BCUT2D eigenvalue weighted by atomic mass is 9.95. The molecule has 1 aliphatic rings. The van der Waals surface area contributed by atoms with Gasteiger partial charge >= 0.3 is 0 Å². The number of benzene rings is 2. The minimum Gasteiger partial charge on any atom is -0.361 e. The van der Waals surface area contributed by atoms with Gasteiger partial charge in [-0.3, -0.25) is 15.0 Å². The summed E-state index contributed by atoms with van der Waals surface area (Å²) >= 11 is 5.33. The molecule has 0 fully saturated rings. The van der Waals surface area contributed by atoms with E-state index in [1.165, 1.54) is 12.8 Å². The van der Waals surface area contributed by atoms with E-state index in [2.05, 4.69) is 24.6 Å². The first kappa shape index (κ1) is 19.3. The van der Waals surface area contributed by atoms with Gasteiger partial charge in [0, 0.05) is 11.9 Å². The molecular formula is C21H25N3O2S. The van der Waals surface area contributed by atoms with E-state index in [0.29, 0.717) is 27.5 Å². The molecule has 0 spiro atoms. The molecule has 2 aromatic carbocycles. The van der Waals surface area contributed by atoms with Crippen LogP contribution in [0.3, 0.4) is 0 Å². The van der Waals surface area contributed by atoms with E-state index in [1.807, 2.05) is 24.3 Å². The summed E-state index contributed by atoms with van der Waals surface area (Å²) in [4.78, 5) is 25.7. The van der Waals surface area contributed by atoms with E-state index in [9.17, 15) is 9.59 Å². The van der Waals surface area contributed by atoms with Crippen LogP contribution in [0.2, 0.25) is 0 Å². The first-order chi connectivity index (χ1) is 13.1. The lowest BCUT2D eigenvalue weighted by Gasteiger charge is -2.28. The van der Waals surface area contributed by atoms with Gasteiger partial charge in [-0.1, -0.05) is 57.4 Å². The molecule has 0 aromatic heterocycles. The molecule has 1 heterocycles. The van der Waals surface area contributed by atoms with Gasteiger partial charge in [0.1, 0.15) is 0 Å². The van der Waals surface area contributed by atoms with Gasteiger partial charge in [0.15, 0.2) is 5.11 Å². The maximum absolute atomic E-state index is 12.8. The van der Waals surface area contributed by atoms with Crippen molar-refractivity contribution in [1.82, 2.24) is 15.8 Å². The third-order valence-corrected chi connectivity index (χ3v) is 5.32. The van der Waals surface area contributed by atoms with Crippen LogP contribution in [0.1, 0.15) is 60.2 Å². The summed E-state index contributed by atoms with van der Waals surface area (Å²) in [5.74, 6) is -0.245. The normalized spacial score (nSPS) is 14.4. The van der Waals surface area contributed by atoms with Crippen molar-refractivity contribution in [3.63, 3.8) is 0 Å². The van der Waals surface area contributed by atoms with E-state index < -0.39 is 0 Å². The summed E-state index contributed by atoms with van der Waals surface area (Å²) in [5.41, 5.74) is 3.81. The second-order valence-electron chi connectivity index (χ2n) is 6.89. The number of amides is 2. The molecule has 5 nitrogen and oxygen atoms in total. The Labute approximate surface area is 165 Å². The summed E-state index contributed by atoms with van der Waals surface area (Å²) in [6.45, 7) is 5.07. The van der Waals surface area contributed by atoms with Gasteiger partial charge in [0.25, 0.3) is 11.8 Å². The van der Waals surface area contributed by atoms with Crippen molar-refractivity contribution in [3.05, 3.63) is 47.5 Å². The van der Waals surface area contributed by atoms with E-state index in [4.69, 9.17) is 12.2 Å². The summed E-state index contributed by atoms with van der Waals surface area (Å²) in [6.07, 6.45) is 4.55. The van der Waals surface area contributed by atoms with E-state index in [0.717, 1.165) is 29.8 Å². The monoisotopic (exact) mass is 383 g/mol. The third-order valence-electron chi connectivity index (χ3n) is 5.08. The number of thiocarbonyl (C=S) groups is 1. The number of hydrogen-bond donors (Lipinski definition) is 2. The van der Waals surface area contributed by atoms with Crippen LogP contribution in [0.4, 0.5) is 0 Å². The predicted octanol–water partition coefficient (Wildman–Crippen LogP) is 4.03. The largest absolute Gasteiger partial charge is 0.361 e. The molecule has 27 heavy (non-hydrogen) atoms. The minimum atomic E-state index is -0.383. The second kappa shape index (κ2) is 8.48. The van der Waals surface area contributed by atoms with Crippen LogP contribution >= 0.6 is 12.2 Å². The highest BCUT2D eigenvalue weighted by atomic mass is 32.1. The topological polar surface area (TPSA) is 61.4 Å². The molecule has 142 valence electrons. The average Bonchev–Trinajstić information content (AvgIpc) is 2.69. The summed E-state index contributed by atoms with van der Waals surface area (Å²) in [7, 11) is 0. The Morgan fingerprint density at radius 1 is 1.07 bits per heavy atom. The van der Waals surface area contributed by atoms with Crippen molar-refractivity contribution < 1.29 is 9.59 Å². The van der Waals surface area contributed by atoms with Crippen LogP contribution in [0.5, 0.6) is 0 Å². The Kier molecular flexibility index (Phi) is 6.06. The molecule has 0 aliphatic carbocycles. The fraction of sp³-hybridized carbons (Fsp3) is 0.381. The zero-order chi connectivity index (χ0) is 19.4. The van der Waals surface area contributed by atoms with Gasteiger partial charge in [-0.05, 0) is 42.1 Å². The number of imide groups is 1. The number of hydrogen-bond acceptors (Lipinski definition) is 3. The summed E-state index contributed by atoms with van der Waals surface area (Å²) < 4.78 is 0. The highest BCUT2D eigenvalue weighted by molar-refractivity contribution is 7.80. The maximum atomic E-state index is 12.8. The second-order valence-corrected chi connectivity index (χ2v) is 7.30. The minimum absolute atomic E-state index is 0.290. The van der Waals surface area contributed by atoms with Gasteiger partial charge in [0.2, 0.25) is 0 Å². The third kappa shape index (κ3) is 3.95. The zero-order valence-electron chi connectivity index (χ0n) is 15.7. The number of unbranched alkanes of at least 4 members (excludes halogenated alkanes) is 1. The number of rotatable bonds is 7. The molecule has 1 atom stereocenters. The molecule has 2 N–H and O–H groups in total. The van der Waals surface area contributed by atoms with Gasteiger partial charge < -0.3 is 5.32 Å². The molecule has 0 bridgehead atoms. The Hall–Kier alpha value is -2.47. The molecular weight excluding hydrogens is 358 g/mol.